The summed E-state index contributed by atoms with van der Waals surface area (Å²) in [5, 5.41) is 18.4. The van der Waals surface area contributed by atoms with Gasteiger partial charge in [-0.3, -0.25) is 0 Å². The zero-order valence-electron chi connectivity index (χ0n) is 12.1. The Hall–Kier alpha value is -2.30. The fraction of sp³-hybridized carbons (Fsp3) is 0.222. The van der Waals surface area contributed by atoms with Crippen molar-refractivity contribution in [2.45, 2.75) is 12.2 Å². The van der Waals surface area contributed by atoms with Crippen LogP contribution in [-0.2, 0) is 0 Å². The maximum Gasteiger partial charge on any atom is 0.163 e. The van der Waals surface area contributed by atoms with Gasteiger partial charge in [0.1, 0.15) is 0 Å². The van der Waals surface area contributed by atoms with Crippen molar-refractivity contribution >= 4 is 6.08 Å². The third-order valence-electron chi connectivity index (χ3n) is 3.56. The molecule has 0 aromatic heterocycles. The molecule has 2 N–H and O–H groups in total. The van der Waals surface area contributed by atoms with Crippen LogP contribution in [-0.4, -0.2) is 29.5 Å². The lowest BCUT2D eigenvalue weighted by Crippen LogP contribution is -2.36. The van der Waals surface area contributed by atoms with E-state index in [1.807, 2.05) is 48.5 Å². The Morgan fingerprint density at radius 3 is 2.50 bits per heavy atom. The number of hydrogen-bond acceptors (Lipinski definition) is 4. The first-order chi connectivity index (χ1) is 10.8. The van der Waals surface area contributed by atoms with Crippen molar-refractivity contribution in [1.82, 2.24) is 0 Å². The molecule has 4 nitrogen and oxygen atoms in total. The minimum atomic E-state index is -0.452. The van der Waals surface area contributed by atoms with Crippen molar-refractivity contribution in [2.75, 3.05) is 13.2 Å². The predicted molar refractivity (Wildman–Crippen MR) is 83.9 cm³/mol. The van der Waals surface area contributed by atoms with E-state index in [0.717, 1.165) is 11.1 Å². The summed E-state index contributed by atoms with van der Waals surface area (Å²) >= 11 is 0. The molecule has 0 saturated carbocycles. The summed E-state index contributed by atoms with van der Waals surface area (Å²) in [6.07, 6.45) is 2.67. The van der Waals surface area contributed by atoms with Crippen LogP contribution in [0.25, 0.3) is 6.08 Å². The van der Waals surface area contributed by atoms with Crippen LogP contribution in [0.4, 0.5) is 0 Å². The van der Waals surface area contributed by atoms with Crippen molar-refractivity contribution in [3.63, 3.8) is 0 Å². The number of ether oxygens (including phenoxy) is 2. The zero-order chi connectivity index (χ0) is 15.4. The Kier molecular flexibility index (Phi) is 4.42. The molecule has 0 fully saturated rings. The highest BCUT2D eigenvalue weighted by molar-refractivity contribution is 5.56. The molecule has 0 aliphatic carbocycles. The van der Waals surface area contributed by atoms with Crippen LogP contribution in [0.5, 0.6) is 11.5 Å². The maximum atomic E-state index is 9.61. The second kappa shape index (κ2) is 6.64. The van der Waals surface area contributed by atoms with E-state index in [4.69, 9.17) is 14.6 Å². The van der Waals surface area contributed by atoms with Gasteiger partial charge in [-0.15, -0.1) is 0 Å². The molecule has 2 aromatic carbocycles. The highest BCUT2D eigenvalue weighted by atomic mass is 16.6. The van der Waals surface area contributed by atoms with Crippen LogP contribution in [0.3, 0.4) is 0 Å². The molecule has 0 unspecified atom stereocenters. The molecule has 3 rings (SSSR count). The van der Waals surface area contributed by atoms with Gasteiger partial charge < -0.3 is 19.7 Å². The highest BCUT2D eigenvalue weighted by Crippen LogP contribution is 2.40. The van der Waals surface area contributed by atoms with E-state index in [9.17, 15) is 5.11 Å². The quantitative estimate of drug-likeness (QED) is 0.911. The number of benzene rings is 2. The van der Waals surface area contributed by atoms with Crippen LogP contribution in [0.1, 0.15) is 17.2 Å². The van der Waals surface area contributed by atoms with E-state index in [1.165, 1.54) is 0 Å². The number of fused-ring (bicyclic) bond motifs is 1. The van der Waals surface area contributed by atoms with Crippen LogP contribution in [0.2, 0.25) is 0 Å². The summed E-state index contributed by atoms with van der Waals surface area (Å²) in [6, 6.07) is 15.3. The fourth-order valence-electron chi connectivity index (χ4n) is 2.50. The Bertz CT molecular complexity index is 651. The van der Waals surface area contributed by atoms with Crippen LogP contribution in [0, 0.1) is 0 Å². The normalized spacial score (nSPS) is 20.3. The van der Waals surface area contributed by atoms with Gasteiger partial charge >= 0.3 is 0 Å². The molecule has 1 aliphatic heterocycles. The first kappa shape index (κ1) is 14.6. The van der Waals surface area contributed by atoms with Crippen molar-refractivity contribution in [3.05, 3.63) is 65.7 Å². The van der Waals surface area contributed by atoms with E-state index in [0.29, 0.717) is 11.5 Å². The second-order valence-corrected chi connectivity index (χ2v) is 5.08. The Labute approximate surface area is 129 Å². The summed E-state index contributed by atoms with van der Waals surface area (Å²) in [4.78, 5) is 0. The molecule has 2 aromatic rings. The van der Waals surface area contributed by atoms with E-state index >= 15 is 0 Å². The Morgan fingerprint density at radius 1 is 0.955 bits per heavy atom. The molecule has 0 radical (unpaired) electrons. The van der Waals surface area contributed by atoms with Gasteiger partial charge in [0.15, 0.2) is 23.7 Å². The van der Waals surface area contributed by atoms with Gasteiger partial charge in [-0.05, 0) is 23.3 Å². The Morgan fingerprint density at radius 2 is 1.77 bits per heavy atom. The number of aliphatic hydroxyl groups excluding tert-OH is 2. The summed E-state index contributed by atoms with van der Waals surface area (Å²) < 4.78 is 11.9. The molecule has 0 saturated heterocycles. The molecule has 4 heteroatoms. The van der Waals surface area contributed by atoms with E-state index < -0.39 is 6.10 Å². The molecular formula is C18H18O4. The SMILES string of the molecule is OC/C=C/c1ccc2c(c1)O[C@@H](CO)[C@H](c1ccccc1)O2. The first-order valence-electron chi connectivity index (χ1n) is 7.22. The standard InChI is InChI=1S/C18H18O4/c19-10-4-5-13-8-9-15-16(11-13)21-17(12-20)18(22-15)14-6-2-1-3-7-14/h1-9,11,17-20H,10,12H2/b5-4+/t17-,18-/m0/s1. The largest absolute Gasteiger partial charge is 0.480 e. The average Bonchev–Trinajstić information content (AvgIpc) is 2.59. The molecule has 114 valence electrons. The molecule has 1 aliphatic rings. The lowest BCUT2D eigenvalue weighted by atomic mass is 10.0. The number of hydrogen-bond donors (Lipinski definition) is 2. The lowest BCUT2D eigenvalue weighted by molar-refractivity contribution is -0.0123. The van der Waals surface area contributed by atoms with Crippen molar-refractivity contribution < 1.29 is 19.7 Å². The van der Waals surface area contributed by atoms with Gasteiger partial charge in [-0.1, -0.05) is 48.6 Å². The molecule has 0 bridgehead atoms. The summed E-state index contributed by atoms with van der Waals surface area (Å²) in [5.74, 6) is 1.26. The summed E-state index contributed by atoms with van der Waals surface area (Å²) in [6.45, 7) is -0.139. The average molecular weight is 298 g/mol. The predicted octanol–water partition coefficient (Wildman–Crippen LogP) is 2.57. The van der Waals surface area contributed by atoms with Gasteiger partial charge in [0.25, 0.3) is 0 Å². The van der Waals surface area contributed by atoms with Gasteiger partial charge in [-0.25, -0.2) is 0 Å². The van der Waals surface area contributed by atoms with Gasteiger partial charge in [0.2, 0.25) is 0 Å². The van der Waals surface area contributed by atoms with E-state index in [-0.39, 0.29) is 19.3 Å². The summed E-state index contributed by atoms with van der Waals surface area (Å²) in [7, 11) is 0. The third-order valence-corrected chi connectivity index (χ3v) is 3.56. The first-order valence-corrected chi connectivity index (χ1v) is 7.22. The second-order valence-electron chi connectivity index (χ2n) is 5.08. The Balaban J connectivity index is 1.90. The molecular weight excluding hydrogens is 280 g/mol. The summed E-state index contributed by atoms with van der Waals surface area (Å²) in [5.41, 5.74) is 1.88. The van der Waals surface area contributed by atoms with Gasteiger partial charge in [0.05, 0.1) is 13.2 Å². The lowest BCUT2D eigenvalue weighted by Gasteiger charge is -2.33. The zero-order valence-corrected chi connectivity index (χ0v) is 12.1. The molecule has 0 amide bonds. The monoisotopic (exact) mass is 298 g/mol. The molecule has 1 heterocycles. The van der Waals surface area contributed by atoms with Crippen LogP contribution < -0.4 is 9.47 Å². The van der Waals surface area contributed by atoms with Crippen molar-refractivity contribution in [1.29, 1.82) is 0 Å². The minimum absolute atomic E-state index is 0.0101. The highest BCUT2D eigenvalue weighted by Gasteiger charge is 2.32. The minimum Gasteiger partial charge on any atom is -0.480 e. The molecule has 0 spiro atoms. The molecule has 22 heavy (non-hydrogen) atoms. The maximum absolute atomic E-state index is 9.61. The third kappa shape index (κ3) is 2.98. The number of aliphatic hydroxyl groups is 2. The fourth-order valence-corrected chi connectivity index (χ4v) is 2.50. The van der Waals surface area contributed by atoms with Crippen molar-refractivity contribution in [2.24, 2.45) is 0 Å². The smallest absolute Gasteiger partial charge is 0.163 e. The van der Waals surface area contributed by atoms with Gasteiger partial charge in [0, 0.05) is 0 Å². The molecule has 2 atom stereocenters. The van der Waals surface area contributed by atoms with Crippen LogP contribution in [0.15, 0.2) is 54.6 Å². The van der Waals surface area contributed by atoms with Crippen LogP contribution >= 0.6 is 0 Å². The number of rotatable bonds is 4. The van der Waals surface area contributed by atoms with E-state index in [1.54, 1.807) is 12.2 Å². The van der Waals surface area contributed by atoms with Crippen molar-refractivity contribution in [3.8, 4) is 11.5 Å². The van der Waals surface area contributed by atoms with Gasteiger partial charge in [-0.2, -0.15) is 0 Å². The topological polar surface area (TPSA) is 58.9 Å². The van der Waals surface area contributed by atoms with E-state index in [2.05, 4.69) is 0 Å².